The third-order valence-corrected chi connectivity index (χ3v) is 21.5. The Morgan fingerprint density at radius 3 is 1.63 bits per heavy atom. The van der Waals surface area contributed by atoms with Gasteiger partial charge in [-0.3, -0.25) is 37.8 Å². The summed E-state index contributed by atoms with van der Waals surface area (Å²) >= 11 is 0. The Labute approximate surface area is 470 Å². The van der Waals surface area contributed by atoms with Crippen LogP contribution in [0.3, 0.4) is 0 Å². The lowest BCUT2D eigenvalue weighted by molar-refractivity contribution is -0.0924. The SMILES string of the molecule is COc1ccc(C(OC[C@H]2O[C@@H](n3cc(C)c(=O)[nH]c3=O)C[C@@H]2OP(=O)(/C=C/[C@H]2O[C@@H](n3cc(C)c(=O)[nH]c3=O)C[C@@H]2O[Si](c2ccccc2)(c2ccccc2)C(C)(C)C)OCCC#N)(c2ccccc2)c2ccc(OC)cc2)cc1. The van der Waals surface area contributed by atoms with Crippen LogP contribution < -0.4 is 42.3 Å². The molecule has 5 aromatic carbocycles. The van der Waals surface area contributed by atoms with Crippen molar-refractivity contribution in [2.75, 3.05) is 27.4 Å². The van der Waals surface area contributed by atoms with E-state index in [1.165, 1.54) is 27.3 Å². The second-order valence-corrected chi connectivity index (χ2v) is 27.1. The van der Waals surface area contributed by atoms with Crippen molar-refractivity contribution in [2.24, 2.45) is 0 Å². The number of ether oxygens (including phenoxy) is 5. The summed E-state index contributed by atoms with van der Waals surface area (Å²) in [6, 6.07) is 46.6. The molecule has 9 rings (SSSR count). The van der Waals surface area contributed by atoms with Crippen LogP contribution in [0.25, 0.3) is 0 Å². The number of nitrogens with zero attached hydrogens (tertiary/aromatic N) is 3. The van der Waals surface area contributed by atoms with Crippen molar-refractivity contribution in [1.29, 1.82) is 5.26 Å². The monoisotopic (exact) mass is 1140 g/mol. The topological polar surface area (TPSA) is 224 Å². The van der Waals surface area contributed by atoms with Gasteiger partial charge < -0.3 is 32.6 Å². The average molecular weight is 1140 g/mol. The summed E-state index contributed by atoms with van der Waals surface area (Å²) in [7, 11) is -4.69. The maximum absolute atomic E-state index is 15.8. The highest BCUT2D eigenvalue weighted by atomic mass is 31.2. The number of aromatic nitrogens is 4. The standard InChI is InChI=1S/C61H66N5O13PSi/c1-41-38-65(58(69)63-56(41)67)54-36-51(53(77-54)40-74-61(43-18-11-8-12-19-43,44-24-28-46(72-6)29-25-44)45-26-30-47(73-7)31-27-45)78-80(71,75-34-17-33-62)35-32-50-52(37-55(76-50)66-39-42(2)57(68)64-59(66)70)79-81(60(3,4)5,48-20-13-9-14-21-48)49-22-15-10-16-23-49/h8-16,18-32,35,38-39,50-55H,17,34,36-37,40H2,1-7H3,(H,63,67,69)(H,64,68,70)/b35-32+/t50-,51+,52+,53-,54-,55-,80?/m1/s1. The largest absolute Gasteiger partial charge is 0.497 e. The highest BCUT2D eigenvalue weighted by Gasteiger charge is 2.54. The molecule has 18 nitrogen and oxygen atoms in total. The molecule has 2 fully saturated rings. The first kappa shape index (κ1) is 58.2. The fraction of sp³-hybridized carbons (Fsp3) is 0.328. The third kappa shape index (κ3) is 12.3. The lowest BCUT2D eigenvalue weighted by Crippen LogP contribution is -2.68. The quantitative estimate of drug-likeness (QED) is 0.0299. The van der Waals surface area contributed by atoms with Gasteiger partial charge in [-0.2, -0.15) is 5.26 Å². The first-order chi connectivity index (χ1) is 38.9. The van der Waals surface area contributed by atoms with E-state index in [4.69, 9.17) is 37.2 Å². The second-order valence-electron chi connectivity index (χ2n) is 21.0. The van der Waals surface area contributed by atoms with Gasteiger partial charge in [0.25, 0.3) is 19.4 Å². The Hall–Kier alpha value is -7.50. The molecule has 0 saturated carbocycles. The average Bonchev–Trinajstić information content (AvgIpc) is 4.17. The molecule has 2 saturated heterocycles. The lowest BCUT2D eigenvalue weighted by Gasteiger charge is -2.45. The molecular weight excluding hydrogens is 1070 g/mol. The van der Waals surface area contributed by atoms with Crippen LogP contribution in [-0.2, 0) is 37.9 Å². The van der Waals surface area contributed by atoms with Gasteiger partial charge in [-0.25, -0.2) is 9.59 Å². The van der Waals surface area contributed by atoms with E-state index in [0.29, 0.717) is 11.5 Å². The van der Waals surface area contributed by atoms with Gasteiger partial charge in [0, 0.05) is 42.2 Å². The zero-order valence-electron chi connectivity index (χ0n) is 46.2. The van der Waals surface area contributed by atoms with E-state index in [2.05, 4.69) is 55.0 Å². The fourth-order valence-corrected chi connectivity index (χ4v) is 17.0. The Morgan fingerprint density at radius 2 is 1.15 bits per heavy atom. The van der Waals surface area contributed by atoms with Gasteiger partial charge in [0.05, 0.1) is 46.0 Å². The number of aromatic amines is 2. The molecule has 4 heterocycles. The normalized spacial score (nSPS) is 20.2. The summed E-state index contributed by atoms with van der Waals surface area (Å²) in [6.45, 7) is 9.02. The molecule has 0 spiro atoms. The molecule has 20 heteroatoms. The number of rotatable bonds is 21. The molecule has 0 aliphatic carbocycles. The molecule has 2 aliphatic heterocycles. The van der Waals surface area contributed by atoms with Crippen molar-refractivity contribution in [2.45, 2.75) is 101 Å². The van der Waals surface area contributed by atoms with Crippen molar-refractivity contribution in [3.05, 3.63) is 233 Å². The number of aryl methyl sites for hydroxylation is 2. The maximum atomic E-state index is 15.8. The van der Waals surface area contributed by atoms with E-state index < -0.39 is 85.9 Å². The summed E-state index contributed by atoms with van der Waals surface area (Å²) in [5, 5.41) is 11.2. The Balaban J connectivity index is 1.14. The van der Waals surface area contributed by atoms with Crippen LogP contribution >= 0.6 is 7.60 Å². The number of benzene rings is 5. The number of hydrogen-bond donors (Lipinski definition) is 2. The maximum Gasteiger partial charge on any atom is 0.354 e. The van der Waals surface area contributed by atoms with Crippen LogP contribution in [0.4, 0.5) is 0 Å². The molecule has 2 N–H and O–H groups in total. The summed E-state index contributed by atoms with van der Waals surface area (Å²) in [5.74, 6) is 2.52. The predicted molar refractivity (Wildman–Crippen MR) is 308 cm³/mol. The second kappa shape index (κ2) is 24.7. The van der Waals surface area contributed by atoms with Gasteiger partial charge in [0.15, 0.2) is 0 Å². The van der Waals surface area contributed by atoms with E-state index >= 15 is 4.57 Å². The fourth-order valence-electron chi connectivity index (χ4n) is 10.8. The number of methoxy groups -OCH3 is 2. The van der Waals surface area contributed by atoms with Gasteiger partial charge in [-0.05, 0) is 76.3 Å². The highest BCUT2D eigenvalue weighted by molar-refractivity contribution is 7.57. The molecular formula is C61H66N5O13PSi. The molecule has 2 aliphatic rings. The van der Waals surface area contributed by atoms with E-state index in [0.717, 1.165) is 27.1 Å². The summed E-state index contributed by atoms with van der Waals surface area (Å²) in [4.78, 5) is 57.2. The third-order valence-electron chi connectivity index (χ3n) is 14.8. The van der Waals surface area contributed by atoms with Crippen molar-refractivity contribution in [3.63, 3.8) is 0 Å². The van der Waals surface area contributed by atoms with E-state index in [-0.39, 0.29) is 43.6 Å². The first-order valence-electron chi connectivity index (χ1n) is 26.6. The number of nitriles is 1. The molecule has 81 heavy (non-hydrogen) atoms. The molecule has 7 atom stereocenters. The predicted octanol–water partition coefficient (Wildman–Crippen LogP) is 8.27. The highest BCUT2D eigenvalue weighted by Crippen LogP contribution is 2.55. The smallest absolute Gasteiger partial charge is 0.354 e. The van der Waals surface area contributed by atoms with Gasteiger partial charge in [0.1, 0.15) is 47.9 Å². The molecule has 1 unspecified atom stereocenters. The summed E-state index contributed by atoms with van der Waals surface area (Å²) in [6.07, 6.45) is -1.79. The van der Waals surface area contributed by atoms with Gasteiger partial charge in [0.2, 0.25) is 0 Å². The number of nitrogens with one attached hydrogen (secondary N) is 2. The minimum Gasteiger partial charge on any atom is -0.497 e. The van der Waals surface area contributed by atoms with Crippen molar-refractivity contribution >= 4 is 26.3 Å². The molecule has 0 bridgehead atoms. The number of H-pyrrole nitrogens is 2. The van der Waals surface area contributed by atoms with E-state index in [1.807, 2.05) is 121 Å². The van der Waals surface area contributed by atoms with Gasteiger partial charge in [-0.15, -0.1) is 0 Å². The molecule has 0 amide bonds. The summed E-state index contributed by atoms with van der Waals surface area (Å²) in [5.41, 5.74) is -1.15. The zero-order chi connectivity index (χ0) is 57.5. The first-order valence-corrected chi connectivity index (χ1v) is 30.2. The van der Waals surface area contributed by atoms with Crippen molar-refractivity contribution in [3.8, 4) is 17.6 Å². The molecule has 0 radical (unpaired) electrons. The van der Waals surface area contributed by atoms with Crippen LogP contribution in [0.15, 0.2) is 183 Å². The zero-order valence-corrected chi connectivity index (χ0v) is 48.1. The Bertz CT molecular complexity index is 3570. The van der Waals surface area contributed by atoms with Crippen molar-refractivity contribution < 1.29 is 41.7 Å². The van der Waals surface area contributed by atoms with E-state index in [1.54, 1.807) is 34.1 Å². The molecule has 7 aromatic rings. The Kier molecular flexibility index (Phi) is 17.7. The van der Waals surface area contributed by atoms with Gasteiger partial charge >= 0.3 is 19.0 Å². The van der Waals surface area contributed by atoms with Crippen LogP contribution in [0.5, 0.6) is 11.5 Å². The molecule has 2 aromatic heterocycles. The lowest BCUT2D eigenvalue weighted by atomic mass is 9.80. The minimum absolute atomic E-state index is 0.0850. The van der Waals surface area contributed by atoms with Crippen molar-refractivity contribution in [1.82, 2.24) is 19.1 Å². The van der Waals surface area contributed by atoms with E-state index in [9.17, 15) is 24.4 Å². The minimum atomic E-state index is -4.51. The Morgan fingerprint density at radius 1 is 0.679 bits per heavy atom. The summed E-state index contributed by atoms with van der Waals surface area (Å²) < 4.78 is 70.8. The number of hydrogen-bond acceptors (Lipinski definition) is 14. The van der Waals surface area contributed by atoms with Crippen LogP contribution in [0.1, 0.15) is 80.3 Å². The van der Waals surface area contributed by atoms with Crippen LogP contribution in [-0.4, -0.2) is 79.3 Å². The van der Waals surface area contributed by atoms with Crippen LogP contribution in [0, 0.1) is 25.2 Å². The van der Waals surface area contributed by atoms with Crippen LogP contribution in [0.2, 0.25) is 5.04 Å². The molecule has 422 valence electrons. The van der Waals surface area contributed by atoms with Gasteiger partial charge in [-0.1, -0.05) is 136 Å².